The lowest BCUT2D eigenvalue weighted by Crippen LogP contribution is -2.18. The molecule has 0 saturated carbocycles. The van der Waals surface area contributed by atoms with Crippen molar-refractivity contribution >= 4 is 24.0 Å². The molecule has 0 amide bonds. The van der Waals surface area contributed by atoms with Crippen LogP contribution >= 0.6 is 0 Å². The van der Waals surface area contributed by atoms with E-state index in [-0.39, 0.29) is 0 Å². The summed E-state index contributed by atoms with van der Waals surface area (Å²) in [4.78, 5) is 7.83. The molecule has 0 spiro atoms. The van der Waals surface area contributed by atoms with Crippen molar-refractivity contribution in [3.63, 3.8) is 0 Å². The highest BCUT2D eigenvalue weighted by Crippen LogP contribution is 1.97. The third-order valence-corrected chi connectivity index (χ3v) is 1.17. The van der Waals surface area contributed by atoms with Crippen LogP contribution in [0.3, 0.4) is 0 Å². The Morgan fingerprint density at radius 2 is 2.44 bits per heavy atom. The fraction of sp³-hybridized carbons (Fsp3) is 0.200. The van der Waals surface area contributed by atoms with Crippen LogP contribution < -0.4 is 0 Å². The van der Waals surface area contributed by atoms with Crippen molar-refractivity contribution in [1.82, 2.24) is 0 Å². The first kappa shape index (κ1) is 4.55. The molecule has 0 saturated heterocycles. The Morgan fingerprint density at radius 3 is 3.33 bits per heavy atom. The van der Waals surface area contributed by atoms with Gasteiger partial charge in [-0.05, 0) is 0 Å². The maximum absolute atomic E-state index is 3.94. The fourth-order valence-electron chi connectivity index (χ4n) is 0.730. The molecule has 9 heavy (non-hydrogen) atoms. The minimum absolute atomic E-state index is 0.624. The smallest absolute Gasteiger partial charge is 0.112 e. The van der Waals surface area contributed by atoms with Gasteiger partial charge in [0.25, 0.3) is 0 Å². The van der Waals surface area contributed by atoms with Gasteiger partial charge < -0.3 is 0 Å². The van der Waals surface area contributed by atoms with E-state index in [1.807, 2.05) is 0 Å². The number of fused-ring (bicyclic) bond motifs is 1. The molecule has 0 fully saturated rings. The van der Waals surface area contributed by atoms with Crippen LogP contribution in [0.1, 0.15) is 0 Å². The maximum Gasteiger partial charge on any atom is 0.112 e. The lowest BCUT2D eigenvalue weighted by Gasteiger charge is -1.97. The molecule has 0 aromatic carbocycles. The van der Waals surface area contributed by atoms with Gasteiger partial charge in [0.15, 0.2) is 0 Å². The molecule has 0 radical (unpaired) electrons. The molecule has 2 heterocycles. The van der Waals surface area contributed by atoms with Crippen molar-refractivity contribution in [2.24, 2.45) is 20.2 Å². The Bertz CT molecular complexity index is 246. The summed E-state index contributed by atoms with van der Waals surface area (Å²) in [5.41, 5.74) is 1.72. The Kier molecular flexibility index (Phi) is 0.798. The first-order valence-corrected chi connectivity index (χ1v) is 2.63. The molecule has 2 aliphatic heterocycles. The van der Waals surface area contributed by atoms with Gasteiger partial charge in [-0.2, -0.15) is 10.2 Å². The number of rotatable bonds is 0. The Balaban J connectivity index is 2.46. The van der Waals surface area contributed by atoms with E-state index in [0.29, 0.717) is 6.54 Å². The second-order valence-corrected chi connectivity index (χ2v) is 1.76. The third kappa shape index (κ3) is 0.595. The molecule has 0 N–H and O–H groups in total. The van der Waals surface area contributed by atoms with E-state index >= 15 is 0 Å². The zero-order valence-electron chi connectivity index (χ0n) is 4.65. The number of aliphatic imine (C=N–C) groups is 2. The molecule has 4 nitrogen and oxygen atoms in total. The summed E-state index contributed by atoms with van der Waals surface area (Å²) in [6.45, 7) is 0.624. The topological polar surface area (TPSA) is 49.4 Å². The number of hydrogen-bond acceptors (Lipinski definition) is 4. The lowest BCUT2D eigenvalue weighted by molar-refractivity contribution is 1.22. The quantitative estimate of drug-likeness (QED) is 0.429. The molecule has 2 aliphatic rings. The molecule has 0 bridgehead atoms. The van der Waals surface area contributed by atoms with E-state index < -0.39 is 0 Å². The number of nitrogens with zero attached hydrogens (tertiary/aromatic N) is 4. The van der Waals surface area contributed by atoms with Gasteiger partial charge >= 0.3 is 0 Å². The van der Waals surface area contributed by atoms with Crippen LogP contribution in [-0.2, 0) is 0 Å². The molecule has 0 aliphatic carbocycles. The highest BCUT2D eigenvalue weighted by atomic mass is 15.2. The van der Waals surface area contributed by atoms with Crippen molar-refractivity contribution in [2.75, 3.05) is 6.54 Å². The molecular formula is C5H4N4. The first-order valence-electron chi connectivity index (χ1n) is 2.63. The summed E-state index contributed by atoms with van der Waals surface area (Å²) in [6, 6.07) is 0. The Morgan fingerprint density at radius 1 is 1.44 bits per heavy atom. The van der Waals surface area contributed by atoms with Crippen LogP contribution in [0.15, 0.2) is 20.2 Å². The van der Waals surface area contributed by atoms with Gasteiger partial charge in [0.05, 0.1) is 12.8 Å². The second kappa shape index (κ2) is 1.58. The van der Waals surface area contributed by atoms with Gasteiger partial charge in [0.2, 0.25) is 0 Å². The van der Waals surface area contributed by atoms with Crippen LogP contribution in [0.2, 0.25) is 0 Å². The van der Waals surface area contributed by atoms with Crippen molar-refractivity contribution in [2.45, 2.75) is 0 Å². The van der Waals surface area contributed by atoms with E-state index in [1.54, 1.807) is 6.21 Å². The summed E-state index contributed by atoms with van der Waals surface area (Å²) in [5, 5.41) is 7.48. The minimum atomic E-state index is 0.624. The SMILES string of the molecule is C1=NCC2=NN=CC2=N1. The second-order valence-electron chi connectivity index (χ2n) is 1.76. The summed E-state index contributed by atoms with van der Waals surface area (Å²) in [6.07, 6.45) is 3.17. The molecule has 2 rings (SSSR count). The predicted octanol–water partition coefficient (Wildman–Crippen LogP) is -0.0903. The van der Waals surface area contributed by atoms with Crippen LogP contribution in [-0.4, -0.2) is 30.5 Å². The summed E-state index contributed by atoms with van der Waals surface area (Å²) >= 11 is 0. The minimum Gasteiger partial charge on any atom is -0.267 e. The molecule has 44 valence electrons. The molecule has 4 heteroatoms. The highest BCUT2D eigenvalue weighted by Gasteiger charge is 2.12. The summed E-state index contributed by atoms with van der Waals surface area (Å²) in [5.74, 6) is 0. The van der Waals surface area contributed by atoms with E-state index in [0.717, 1.165) is 11.4 Å². The van der Waals surface area contributed by atoms with E-state index in [4.69, 9.17) is 0 Å². The largest absolute Gasteiger partial charge is 0.267 e. The molecule has 0 unspecified atom stereocenters. The first-order chi connectivity index (χ1) is 4.47. The highest BCUT2D eigenvalue weighted by molar-refractivity contribution is 6.65. The third-order valence-electron chi connectivity index (χ3n) is 1.17. The van der Waals surface area contributed by atoms with E-state index in [1.165, 1.54) is 6.34 Å². The van der Waals surface area contributed by atoms with Crippen molar-refractivity contribution in [3.05, 3.63) is 0 Å². The Hall–Kier alpha value is -1.32. The fourth-order valence-corrected chi connectivity index (χ4v) is 0.730. The van der Waals surface area contributed by atoms with Crippen molar-refractivity contribution in [1.29, 1.82) is 0 Å². The summed E-state index contributed by atoms with van der Waals surface area (Å²) in [7, 11) is 0. The molecule has 0 aromatic heterocycles. The van der Waals surface area contributed by atoms with E-state index in [9.17, 15) is 0 Å². The zero-order valence-corrected chi connectivity index (χ0v) is 4.65. The van der Waals surface area contributed by atoms with Crippen LogP contribution in [0.25, 0.3) is 0 Å². The number of hydrogen-bond donors (Lipinski definition) is 0. The zero-order chi connectivity index (χ0) is 6.10. The Labute approximate surface area is 51.7 Å². The average Bonchev–Trinajstić information content (AvgIpc) is 2.33. The van der Waals surface area contributed by atoms with Crippen LogP contribution in [0.5, 0.6) is 0 Å². The van der Waals surface area contributed by atoms with Crippen LogP contribution in [0, 0.1) is 0 Å². The standard InChI is InChI=1S/C5H4N4/c1-5-4(2-8-9-5)7-3-6-1/h2-3H,1H2. The molecular weight excluding hydrogens is 116 g/mol. The van der Waals surface area contributed by atoms with Gasteiger partial charge in [-0.3, -0.25) is 4.99 Å². The van der Waals surface area contributed by atoms with Crippen molar-refractivity contribution < 1.29 is 0 Å². The maximum atomic E-state index is 3.94. The van der Waals surface area contributed by atoms with Gasteiger partial charge in [0, 0.05) is 0 Å². The predicted molar refractivity (Wildman–Crippen MR) is 36.7 cm³/mol. The lowest BCUT2D eigenvalue weighted by atomic mass is 10.2. The normalized spacial score (nSPS) is 21.3. The van der Waals surface area contributed by atoms with Gasteiger partial charge in [-0.25, -0.2) is 4.99 Å². The monoisotopic (exact) mass is 120 g/mol. The van der Waals surface area contributed by atoms with Crippen molar-refractivity contribution in [3.8, 4) is 0 Å². The van der Waals surface area contributed by atoms with Gasteiger partial charge in [-0.15, -0.1) is 0 Å². The molecule has 0 atom stereocenters. The van der Waals surface area contributed by atoms with E-state index in [2.05, 4.69) is 20.2 Å². The molecule has 0 aromatic rings. The summed E-state index contributed by atoms with van der Waals surface area (Å²) < 4.78 is 0. The van der Waals surface area contributed by atoms with Gasteiger partial charge in [-0.1, -0.05) is 0 Å². The van der Waals surface area contributed by atoms with Crippen LogP contribution in [0.4, 0.5) is 0 Å². The average molecular weight is 120 g/mol. The van der Waals surface area contributed by atoms with Gasteiger partial charge in [0.1, 0.15) is 17.8 Å².